The Balaban J connectivity index is 2.11. The van der Waals surface area contributed by atoms with Gasteiger partial charge in [0.05, 0.1) is 31.6 Å². The first-order valence-electron chi connectivity index (χ1n) is 23.8. The molecule has 0 bridgehead atoms. The van der Waals surface area contributed by atoms with Crippen molar-refractivity contribution in [3.05, 3.63) is 65.2 Å². The van der Waals surface area contributed by atoms with Crippen molar-refractivity contribution < 1.29 is 57.8 Å². The largest absolute Gasteiger partial charge is 0.508 e. The van der Waals surface area contributed by atoms with Crippen molar-refractivity contribution in [2.75, 3.05) is 24.6 Å². The highest BCUT2D eigenvalue weighted by molar-refractivity contribution is 8.76. The number of rotatable bonds is 20. The Hall–Kier alpha value is -6.57. The van der Waals surface area contributed by atoms with Gasteiger partial charge in [0.15, 0.2) is 0 Å². The van der Waals surface area contributed by atoms with Crippen LogP contribution in [-0.4, -0.2) is 136 Å². The average Bonchev–Trinajstić information content (AvgIpc) is 3.32. The number of nitrogens with two attached hydrogens (primary N) is 3. The van der Waals surface area contributed by atoms with Gasteiger partial charge in [-0.1, -0.05) is 97.7 Å². The number of carbonyl (C=O) groups is 11. The number of phenols is 1. The highest BCUT2D eigenvalue weighted by atomic mass is 33.1. The summed E-state index contributed by atoms with van der Waals surface area (Å²) in [7, 11) is 2.28. The van der Waals surface area contributed by atoms with Crippen molar-refractivity contribution in [3.8, 4) is 5.75 Å². The molecule has 1 fully saturated rings. The number of primary amides is 3. The SMILES string of the molecule is CC[C@H](C)[C@@H]1NC(=O)[C@H](Cc2ccc(O)cc2)NC(=O)CCSSC[C@@H](C(=O)N(CC(=O)N[C@@H](CC(C)C)C(=O)NCC(N)=O)Cc2cccc(C)c2)NN[C@@H](CC(N)=O)C(=O)C(=O)[C@H](CCC(N)=O)NC1=O. The van der Waals surface area contributed by atoms with E-state index >= 15 is 0 Å². The van der Waals surface area contributed by atoms with Crippen LogP contribution < -0.4 is 54.6 Å². The topological polar surface area (TPSA) is 374 Å². The van der Waals surface area contributed by atoms with E-state index in [0.29, 0.717) is 17.5 Å². The minimum atomic E-state index is -1.77. The molecule has 9 amide bonds. The summed E-state index contributed by atoms with van der Waals surface area (Å²) >= 11 is 0. The molecule has 0 radical (unpaired) electrons. The predicted molar refractivity (Wildman–Crippen MR) is 273 cm³/mol. The number of hydrogen-bond acceptors (Lipinski definition) is 16. The van der Waals surface area contributed by atoms with Gasteiger partial charge in [0, 0.05) is 37.3 Å². The molecule has 1 heterocycles. The molecule has 0 aliphatic carbocycles. The summed E-state index contributed by atoms with van der Waals surface area (Å²) in [5.41, 5.74) is 23.6. The summed E-state index contributed by atoms with van der Waals surface area (Å²) in [6, 6.07) is 4.45. The summed E-state index contributed by atoms with van der Waals surface area (Å²) < 4.78 is 0. The minimum absolute atomic E-state index is 0.0355. The molecular formula is C48H69N11O12S2. The number of aryl methyl sites for hydroxylation is 1. The van der Waals surface area contributed by atoms with E-state index < -0.39 is 139 Å². The predicted octanol–water partition coefficient (Wildman–Crippen LogP) is -1.20. The maximum Gasteiger partial charge on any atom is 0.243 e. The fourth-order valence-electron chi connectivity index (χ4n) is 7.43. The fourth-order valence-corrected chi connectivity index (χ4v) is 9.58. The van der Waals surface area contributed by atoms with Crippen LogP contribution in [0, 0.1) is 18.8 Å². The van der Waals surface area contributed by atoms with E-state index in [2.05, 4.69) is 37.4 Å². The van der Waals surface area contributed by atoms with E-state index in [1.54, 1.807) is 44.2 Å². The Kier molecular flexibility index (Phi) is 25.3. The number of nitrogens with one attached hydrogen (secondary N) is 7. The van der Waals surface area contributed by atoms with E-state index in [9.17, 15) is 57.8 Å². The Labute approximate surface area is 431 Å². The molecule has 1 saturated heterocycles. The standard InChI is InChI=1S/C48H69N11O12S2/c1-6-28(5)42-47(70)55-32(14-15-37(49)61)43(66)44(67)33(21-38(50)62)57-58-36(25-73-72-17-16-40(64)53-35(46(69)56-42)20-29-10-12-31(60)13-11-29)48(71)59(23-30-9-7-8-27(4)19-30)24-41(65)54-34(18-26(2)3)45(68)52-22-39(51)63/h7-13,19,26,28,32-36,42,57-58,60H,6,14-18,20-25H2,1-5H3,(H2,49,61)(H2,50,62)(H2,51,63)(H,52,68)(H,53,64)(H,54,65)(H,55,70)(H,56,69)/t28-,32-,33-,34-,35-,36-,42-/m0/s1. The molecule has 14 N–H and O–H groups in total. The van der Waals surface area contributed by atoms with E-state index in [1.165, 1.54) is 27.8 Å². The number of carbonyl (C=O) groups excluding carboxylic acids is 11. The Morgan fingerprint density at radius 2 is 1.49 bits per heavy atom. The fraction of sp³-hybridized carbons (Fsp3) is 0.521. The first kappa shape index (κ1) is 60.7. The van der Waals surface area contributed by atoms with Gasteiger partial charge in [-0.05, 0) is 54.9 Å². The van der Waals surface area contributed by atoms with Gasteiger partial charge in [-0.25, -0.2) is 10.9 Å². The Morgan fingerprint density at radius 1 is 0.808 bits per heavy atom. The van der Waals surface area contributed by atoms with Crippen LogP contribution in [0.5, 0.6) is 5.75 Å². The van der Waals surface area contributed by atoms with Crippen LogP contribution in [0.3, 0.4) is 0 Å². The number of aromatic hydroxyl groups is 1. The van der Waals surface area contributed by atoms with Crippen LogP contribution in [0.1, 0.15) is 82.9 Å². The lowest BCUT2D eigenvalue weighted by atomic mass is 9.94. The van der Waals surface area contributed by atoms with Gasteiger partial charge >= 0.3 is 0 Å². The number of hydrazine groups is 1. The number of phenolic OH excluding ortho intramolecular Hbond substituents is 1. The molecule has 0 unspecified atom stereocenters. The first-order valence-corrected chi connectivity index (χ1v) is 26.2. The van der Waals surface area contributed by atoms with Crippen LogP contribution in [0.4, 0.5) is 0 Å². The normalized spacial score (nSPS) is 20.6. The van der Waals surface area contributed by atoms with Crippen molar-refractivity contribution in [3.63, 3.8) is 0 Å². The number of benzene rings is 2. The second kappa shape index (κ2) is 30.5. The molecule has 0 aromatic heterocycles. The van der Waals surface area contributed by atoms with Gasteiger partial charge in [-0.15, -0.1) is 0 Å². The second-order valence-electron chi connectivity index (χ2n) is 18.2. The van der Waals surface area contributed by atoms with Crippen molar-refractivity contribution in [1.82, 2.24) is 42.3 Å². The van der Waals surface area contributed by atoms with Crippen LogP contribution in [0.25, 0.3) is 0 Å². The number of hydrogen-bond donors (Lipinski definition) is 11. The van der Waals surface area contributed by atoms with E-state index in [-0.39, 0.29) is 49.0 Å². The van der Waals surface area contributed by atoms with E-state index in [4.69, 9.17) is 17.2 Å². The Bertz CT molecular complexity index is 2300. The van der Waals surface area contributed by atoms with Gasteiger partial charge in [-0.3, -0.25) is 52.7 Å². The lowest BCUT2D eigenvalue weighted by molar-refractivity contribution is -0.142. The first-order chi connectivity index (χ1) is 34.5. The highest BCUT2D eigenvalue weighted by Crippen LogP contribution is 2.24. The quantitative estimate of drug-likeness (QED) is 0.0548. The smallest absolute Gasteiger partial charge is 0.243 e. The number of nitrogens with zero attached hydrogens (tertiary/aromatic N) is 1. The molecule has 73 heavy (non-hydrogen) atoms. The van der Waals surface area contributed by atoms with Crippen molar-refractivity contribution >= 4 is 86.3 Å². The molecule has 400 valence electrons. The van der Waals surface area contributed by atoms with Gasteiger partial charge in [0.2, 0.25) is 64.7 Å². The van der Waals surface area contributed by atoms with Gasteiger partial charge in [0.1, 0.15) is 29.9 Å². The van der Waals surface area contributed by atoms with Crippen molar-refractivity contribution in [2.45, 2.75) is 122 Å². The number of amides is 9. The summed E-state index contributed by atoms with van der Waals surface area (Å²) in [6.45, 7) is 7.62. The molecule has 3 rings (SSSR count). The molecule has 1 aliphatic heterocycles. The van der Waals surface area contributed by atoms with Crippen molar-refractivity contribution in [2.24, 2.45) is 29.0 Å². The third-order valence-electron chi connectivity index (χ3n) is 11.5. The molecule has 2 aromatic carbocycles. The maximum atomic E-state index is 14.8. The average molecular weight is 1060 g/mol. The van der Waals surface area contributed by atoms with Crippen LogP contribution in [0.15, 0.2) is 48.5 Å². The summed E-state index contributed by atoms with van der Waals surface area (Å²) in [5.74, 6) is -10.4. The number of ketones is 2. The molecule has 7 atom stereocenters. The summed E-state index contributed by atoms with van der Waals surface area (Å²) in [4.78, 5) is 149. The zero-order valence-electron chi connectivity index (χ0n) is 41.7. The second-order valence-corrected chi connectivity index (χ2v) is 20.8. The monoisotopic (exact) mass is 1060 g/mol. The zero-order chi connectivity index (χ0) is 54.4. The Morgan fingerprint density at radius 3 is 2.11 bits per heavy atom. The third-order valence-corrected chi connectivity index (χ3v) is 13.9. The molecule has 25 heteroatoms. The highest BCUT2D eigenvalue weighted by Gasteiger charge is 2.38. The van der Waals surface area contributed by atoms with Crippen LogP contribution in [0.2, 0.25) is 0 Å². The molecule has 0 saturated carbocycles. The summed E-state index contributed by atoms with van der Waals surface area (Å²) in [6.07, 6.45) is -1.46. The lowest BCUT2D eigenvalue weighted by Crippen LogP contribution is -2.61. The third kappa shape index (κ3) is 21.6. The lowest BCUT2D eigenvalue weighted by Gasteiger charge is -2.30. The molecular weight excluding hydrogens is 987 g/mol. The van der Waals surface area contributed by atoms with Crippen molar-refractivity contribution in [1.29, 1.82) is 0 Å². The van der Waals surface area contributed by atoms with Gasteiger partial charge in [-0.2, -0.15) is 0 Å². The van der Waals surface area contributed by atoms with Gasteiger partial charge < -0.3 is 53.8 Å². The summed E-state index contributed by atoms with van der Waals surface area (Å²) in [5, 5.41) is 22.8. The van der Waals surface area contributed by atoms with E-state index in [1.807, 2.05) is 26.8 Å². The maximum absolute atomic E-state index is 14.8. The zero-order valence-corrected chi connectivity index (χ0v) is 43.3. The van der Waals surface area contributed by atoms with Crippen LogP contribution >= 0.6 is 21.6 Å². The molecule has 2 aromatic rings. The van der Waals surface area contributed by atoms with Gasteiger partial charge in [0.25, 0.3) is 0 Å². The van der Waals surface area contributed by atoms with Crippen LogP contribution in [-0.2, 0) is 65.7 Å². The van der Waals surface area contributed by atoms with E-state index in [0.717, 1.165) is 16.4 Å². The number of Topliss-reactive ketones (excluding diaryl/α,β-unsaturated/α-hetero) is 2. The molecule has 23 nitrogen and oxygen atoms in total. The molecule has 0 spiro atoms. The minimum Gasteiger partial charge on any atom is -0.508 e. The molecule has 1 aliphatic rings.